The lowest BCUT2D eigenvalue weighted by Crippen LogP contribution is -2.57. The van der Waals surface area contributed by atoms with Crippen molar-refractivity contribution in [2.24, 2.45) is 45.3 Å². The molecule has 184 valence electrons. The molecule has 33 heavy (non-hydrogen) atoms. The lowest BCUT2D eigenvalue weighted by atomic mass is 9.41. The molecule has 0 amide bonds. The van der Waals surface area contributed by atoms with Crippen molar-refractivity contribution in [3.05, 3.63) is 23.5 Å². The van der Waals surface area contributed by atoms with Crippen LogP contribution in [0.25, 0.3) is 0 Å². The molecule has 4 aliphatic carbocycles. The lowest BCUT2D eigenvalue weighted by Gasteiger charge is -2.63. The molecule has 0 aromatic carbocycles. The molecule has 0 saturated heterocycles. The Labute approximate surface area is 201 Å². The highest BCUT2D eigenvalue weighted by Gasteiger charge is 2.65. The number of ether oxygens (including phenoxy) is 1. The molecule has 0 radical (unpaired) electrons. The lowest BCUT2D eigenvalue weighted by molar-refractivity contribution is -0.146. The van der Waals surface area contributed by atoms with Crippen molar-refractivity contribution >= 4 is 12.3 Å². The highest BCUT2D eigenvalue weighted by atomic mass is 16.5. The van der Waals surface area contributed by atoms with Gasteiger partial charge in [-0.25, -0.2) is 0 Å². The molecule has 0 aromatic heterocycles. The molecule has 0 N–H and O–H groups in total. The van der Waals surface area contributed by atoms with Gasteiger partial charge in [-0.2, -0.15) is 0 Å². The number of hydrogen-bond donors (Lipinski definition) is 0. The van der Waals surface area contributed by atoms with E-state index in [1.54, 1.807) is 5.57 Å². The van der Waals surface area contributed by atoms with Gasteiger partial charge < -0.3 is 4.74 Å². The normalized spacial score (nSPS) is 43.1. The molecule has 4 aliphatic rings. The number of carbonyl (C=O) groups is 2. The molecule has 3 fully saturated rings. The molecular formula is C30H46O3. The highest BCUT2D eigenvalue weighted by Crippen LogP contribution is 2.73. The zero-order valence-electron chi connectivity index (χ0n) is 22.1. The zero-order chi connectivity index (χ0) is 24.2. The van der Waals surface area contributed by atoms with Gasteiger partial charge in [0.15, 0.2) is 0 Å². The van der Waals surface area contributed by atoms with Crippen molar-refractivity contribution < 1.29 is 14.3 Å². The standard InChI is InChI=1S/C30H46O3/c1-20(9-8-10-21(2)33-19-31)22-13-17-30(7)24-11-12-25-27(3,4)26(32)15-16-28(25,5)23(24)14-18-29(22,30)6/h10-11,19-20,22-23,25H,8-9,12-18H2,1-7H3/b21-10-/t20-,22-,23+,25+,28-,29-,30+/m0/s1. The zero-order valence-corrected chi connectivity index (χ0v) is 22.1. The van der Waals surface area contributed by atoms with E-state index in [0.717, 1.165) is 38.0 Å². The van der Waals surface area contributed by atoms with Gasteiger partial charge in [-0.3, -0.25) is 9.59 Å². The number of Topliss-reactive ketones (excluding diaryl/α,β-unsaturated/α-hetero) is 1. The van der Waals surface area contributed by atoms with E-state index in [1.165, 1.54) is 25.7 Å². The quantitative estimate of drug-likeness (QED) is 0.235. The fraction of sp³-hybridized carbons (Fsp3) is 0.800. The summed E-state index contributed by atoms with van der Waals surface area (Å²) in [5, 5.41) is 0. The van der Waals surface area contributed by atoms with Crippen LogP contribution in [0.2, 0.25) is 0 Å². The Morgan fingerprint density at radius 2 is 1.88 bits per heavy atom. The minimum Gasteiger partial charge on any atom is -0.434 e. The van der Waals surface area contributed by atoms with E-state index in [9.17, 15) is 9.59 Å². The monoisotopic (exact) mass is 454 g/mol. The first-order chi connectivity index (χ1) is 15.4. The van der Waals surface area contributed by atoms with Crippen molar-refractivity contribution in [1.29, 1.82) is 0 Å². The van der Waals surface area contributed by atoms with E-state index in [4.69, 9.17) is 4.74 Å². The third kappa shape index (κ3) is 3.59. The molecule has 0 aromatic rings. The van der Waals surface area contributed by atoms with Crippen LogP contribution in [0.15, 0.2) is 23.5 Å². The first-order valence-electron chi connectivity index (χ1n) is 13.4. The molecule has 4 rings (SSSR count). The van der Waals surface area contributed by atoms with E-state index in [0.29, 0.717) is 41.2 Å². The summed E-state index contributed by atoms with van der Waals surface area (Å²) in [5.74, 6) is 3.71. The van der Waals surface area contributed by atoms with E-state index < -0.39 is 0 Å². The maximum Gasteiger partial charge on any atom is 0.298 e. The van der Waals surface area contributed by atoms with Gasteiger partial charge in [0.2, 0.25) is 0 Å². The third-order valence-electron chi connectivity index (χ3n) is 11.6. The second kappa shape index (κ2) is 8.38. The molecule has 7 atom stereocenters. The Kier molecular flexibility index (Phi) is 6.28. The highest BCUT2D eigenvalue weighted by molar-refractivity contribution is 5.85. The van der Waals surface area contributed by atoms with Crippen LogP contribution >= 0.6 is 0 Å². The van der Waals surface area contributed by atoms with Crippen LogP contribution in [-0.2, 0) is 14.3 Å². The van der Waals surface area contributed by atoms with Crippen LogP contribution in [0.4, 0.5) is 0 Å². The number of ketones is 1. The Morgan fingerprint density at radius 1 is 1.15 bits per heavy atom. The maximum atomic E-state index is 12.8. The van der Waals surface area contributed by atoms with Gasteiger partial charge in [0, 0.05) is 11.8 Å². The first kappa shape index (κ1) is 24.7. The first-order valence-corrected chi connectivity index (χ1v) is 13.4. The summed E-state index contributed by atoms with van der Waals surface area (Å²) in [6, 6.07) is 0. The minimum atomic E-state index is -0.192. The molecule has 0 unspecified atom stereocenters. The Bertz CT molecular complexity index is 866. The van der Waals surface area contributed by atoms with Crippen molar-refractivity contribution in [2.75, 3.05) is 0 Å². The van der Waals surface area contributed by atoms with Gasteiger partial charge in [-0.15, -0.1) is 0 Å². The molecule has 0 spiro atoms. The number of fused-ring (bicyclic) bond motifs is 5. The minimum absolute atomic E-state index is 0.192. The van der Waals surface area contributed by atoms with Gasteiger partial charge in [0.1, 0.15) is 11.5 Å². The molecule has 0 aliphatic heterocycles. The van der Waals surface area contributed by atoms with Gasteiger partial charge >= 0.3 is 0 Å². The van der Waals surface area contributed by atoms with Gasteiger partial charge in [-0.1, -0.05) is 53.2 Å². The smallest absolute Gasteiger partial charge is 0.298 e. The molecular weight excluding hydrogens is 408 g/mol. The Hall–Kier alpha value is -1.38. The van der Waals surface area contributed by atoms with Crippen LogP contribution in [0.1, 0.15) is 106 Å². The fourth-order valence-corrected chi connectivity index (χ4v) is 9.34. The summed E-state index contributed by atoms with van der Waals surface area (Å²) in [6.45, 7) is 17.0. The summed E-state index contributed by atoms with van der Waals surface area (Å²) in [5.41, 5.74) is 2.44. The molecule has 3 heteroatoms. The molecule has 0 heterocycles. The summed E-state index contributed by atoms with van der Waals surface area (Å²) in [6.07, 6.45) is 14.9. The average Bonchev–Trinajstić information content (AvgIpc) is 3.03. The fourth-order valence-electron chi connectivity index (χ4n) is 9.34. The third-order valence-corrected chi connectivity index (χ3v) is 11.6. The second-order valence-corrected chi connectivity index (χ2v) is 13.2. The maximum absolute atomic E-state index is 12.8. The van der Waals surface area contributed by atoms with Crippen LogP contribution in [0.5, 0.6) is 0 Å². The van der Waals surface area contributed by atoms with E-state index in [2.05, 4.69) is 53.7 Å². The number of allylic oxidation sites excluding steroid dienone is 4. The summed E-state index contributed by atoms with van der Waals surface area (Å²) in [7, 11) is 0. The van der Waals surface area contributed by atoms with Crippen LogP contribution in [-0.4, -0.2) is 12.3 Å². The molecule has 3 nitrogen and oxygen atoms in total. The summed E-state index contributed by atoms with van der Waals surface area (Å²) >= 11 is 0. The van der Waals surface area contributed by atoms with E-state index in [1.807, 2.05) is 6.92 Å². The molecule has 0 bridgehead atoms. The predicted octanol–water partition coefficient (Wildman–Crippen LogP) is 7.65. The van der Waals surface area contributed by atoms with E-state index in [-0.39, 0.29) is 16.2 Å². The van der Waals surface area contributed by atoms with Gasteiger partial charge in [0.05, 0.1) is 0 Å². The average molecular weight is 455 g/mol. The largest absolute Gasteiger partial charge is 0.434 e. The van der Waals surface area contributed by atoms with E-state index >= 15 is 0 Å². The Morgan fingerprint density at radius 3 is 2.58 bits per heavy atom. The second-order valence-electron chi connectivity index (χ2n) is 13.2. The van der Waals surface area contributed by atoms with Crippen molar-refractivity contribution in [3.63, 3.8) is 0 Å². The number of hydrogen-bond acceptors (Lipinski definition) is 3. The van der Waals surface area contributed by atoms with Crippen molar-refractivity contribution in [3.8, 4) is 0 Å². The summed E-state index contributed by atoms with van der Waals surface area (Å²) in [4.78, 5) is 23.4. The van der Waals surface area contributed by atoms with Crippen LogP contribution in [0.3, 0.4) is 0 Å². The number of carbonyl (C=O) groups excluding carboxylic acids is 2. The summed E-state index contributed by atoms with van der Waals surface area (Å²) < 4.78 is 4.96. The molecule has 3 saturated carbocycles. The van der Waals surface area contributed by atoms with Gasteiger partial charge in [0.25, 0.3) is 6.47 Å². The van der Waals surface area contributed by atoms with Crippen molar-refractivity contribution in [1.82, 2.24) is 0 Å². The predicted molar refractivity (Wildman–Crippen MR) is 133 cm³/mol. The van der Waals surface area contributed by atoms with Gasteiger partial charge in [-0.05, 0) is 104 Å². The number of rotatable bonds is 6. The van der Waals surface area contributed by atoms with Crippen molar-refractivity contribution in [2.45, 2.75) is 106 Å². The topological polar surface area (TPSA) is 43.4 Å². The van der Waals surface area contributed by atoms with Crippen LogP contribution in [0, 0.1) is 45.3 Å². The SMILES string of the molecule is C/C(=C/CC[C@H](C)[C@@H]1CC[C@]2(C)C3=CC[C@@H]4C(C)(C)C(=O)CC[C@@]4(C)[C@@H]3CC[C@@]12C)OC=O. The van der Waals surface area contributed by atoms with Crippen LogP contribution < -0.4 is 0 Å². The Balaban J connectivity index is 1.57.